The Morgan fingerprint density at radius 2 is 1.93 bits per heavy atom. The van der Waals surface area contributed by atoms with Gasteiger partial charge in [-0.25, -0.2) is 0 Å². The van der Waals surface area contributed by atoms with Gasteiger partial charge >= 0.3 is 0 Å². The van der Waals surface area contributed by atoms with Gasteiger partial charge in [-0.1, -0.05) is 25.5 Å². The zero-order valence-corrected chi connectivity index (χ0v) is 17.2. The number of ether oxygens (including phenoxy) is 1. The van der Waals surface area contributed by atoms with Gasteiger partial charge < -0.3 is 15.0 Å². The Bertz CT molecular complexity index is 934. The van der Waals surface area contributed by atoms with Crippen molar-refractivity contribution in [2.45, 2.75) is 26.3 Å². The zero-order chi connectivity index (χ0) is 20.6. The van der Waals surface area contributed by atoms with Gasteiger partial charge in [0.2, 0.25) is 0 Å². The standard InChI is InChI=1S/C23H28N4O2/c1-4-5-14-27(3)16-18-15-25-26-22(18)17-10-12-19(13-11-17)29-21-9-7-6-8-20(21)23(28)24-2/h6-13,15H,4-5,14,16H2,1-3H3,(H,24,28)(H,25,26). The summed E-state index contributed by atoms with van der Waals surface area (Å²) in [4.78, 5) is 14.3. The molecule has 0 unspecified atom stereocenters. The Hall–Kier alpha value is -3.12. The van der Waals surface area contributed by atoms with Gasteiger partial charge in [0, 0.05) is 24.7 Å². The number of nitrogens with zero attached hydrogens (tertiary/aromatic N) is 2. The second-order valence-corrected chi connectivity index (χ2v) is 7.06. The van der Waals surface area contributed by atoms with E-state index < -0.39 is 0 Å². The van der Waals surface area contributed by atoms with E-state index in [0.29, 0.717) is 17.1 Å². The van der Waals surface area contributed by atoms with Crippen LogP contribution in [0.1, 0.15) is 35.7 Å². The van der Waals surface area contributed by atoms with Crippen LogP contribution in [0.2, 0.25) is 0 Å². The van der Waals surface area contributed by atoms with Gasteiger partial charge in [-0.15, -0.1) is 0 Å². The minimum absolute atomic E-state index is 0.175. The summed E-state index contributed by atoms with van der Waals surface area (Å²) >= 11 is 0. The van der Waals surface area contributed by atoms with Crippen molar-refractivity contribution in [1.29, 1.82) is 0 Å². The summed E-state index contributed by atoms with van der Waals surface area (Å²) in [6, 6.07) is 15.0. The average molecular weight is 393 g/mol. The predicted molar refractivity (Wildman–Crippen MR) is 115 cm³/mol. The van der Waals surface area contributed by atoms with Crippen molar-refractivity contribution in [3.63, 3.8) is 0 Å². The highest BCUT2D eigenvalue weighted by molar-refractivity contribution is 5.96. The normalized spacial score (nSPS) is 10.9. The van der Waals surface area contributed by atoms with Crippen LogP contribution in [0.5, 0.6) is 11.5 Å². The SMILES string of the molecule is CCCCN(C)Cc1cn[nH]c1-c1ccc(Oc2ccccc2C(=O)NC)cc1. The van der Waals surface area contributed by atoms with Crippen molar-refractivity contribution >= 4 is 5.91 Å². The maximum Gasteiger partial charge on any atom is 0.254 e. The van der Waals surface area contributed by atoms with Crippen LogP contribution in [0.15, 0.2) is 54.7 Å². The molecule has 0 saturated carbocycles. The van der Waals surface area contributed by atoms with E-state index in [4.69, 9.17) is 4.74 Å². The Kier molecular flexibility index (Phi) is 7.03. The first-order valence-corrected chi connectivity index (χ1v) is 9.92. The van der Waals surface area contributed by atoms with E-state index >= 15 is 0 Å². The molecule has 29 heavy (non-hydrogen) atoms. The Morgan fingerprint density at radius 1 is 1.17 bits per heavy atom. The number of nitrogens with one attached hydrogen (secondary N) is 2. The van der Waals surface area contributed by atoms with Crippen LogP contribution in [0, 0.1) is 0 Å². The van der Waals surface area contributed by atoms with Gasteiger partial charge in [0.15, 0.2) is 0 Å². The zero-order valence-electron chi connectivity index (χ0n) is 17.2. The molecule has 0 spiro atoms. The van der Waals surface area contributed by atoms with E-state index in [-0.39, 0.29) is 5.91 Å². The Balaban J connectivity index is 1.74. The second-order valence-electron chi connectivity index (χ2n) is 7.06. The third kappa shape index (κ3) is 5.23. The molecule has 2 N–H and O–H groups in total. The summed E-state index contributed by atoms with van der Waals surface area (Å²) in [6.07, 6.45) is 4.27. The number of carbonyl (C=O) groups excluding carboxylic acids is 1. The van der Waals surface area contributed by atoms with Gasteiger partial charge in [-0.3, -0.25) is 9.89 Å². The minimum atomic E-state index is -0.175. The highest BCUT2D eigenvalue weighted by atomic mass is 16.5. The number of aromatic nitrogens is 2. The molecule has 6 heteroatoms. The first-order chi connectivity index (χ1) is 14.1. The molecule has 2 aromatic carbocycles. The van der Waals surface area contributed by atoms with Crippen molar-refractivity contribution in [3.8, 4) is 22.8 Å². The number of H-pyrrole nitrogens is 1. The van der Waals surface area contributed by atoms with E-state index in [1.807, 2.05) is 42.6 Å². The fourth-order valence-electron chi connectivity index (χ4n) is 3.17. The summed E-state index contributed by atoms with van der Waals surface area (Å²) in [7, 11) is 3.74. The quantitative estimate of drug-likeness (QED) is 0.564. The lowest BCUT2D eigenvalue weighted by Gasteiger charge is -2.16. The molecule has 152 valence electrons. The van der Waals surface area contributed by atoms with Crippen LogP contribution in [-0.4, -0.2) is 41.6 Å². The molecule has 0 aliphatic heterocycles. The lowest BCUT2D eigenvalue weighted by molar-refractivity contribution is 0.0961. The van der Waals surface area contributed by atoms with Crippen molar-refractivity contribution in [2.24, 2.45) is 0 Å². The molecule has 3 aromatic rings. The van der Waals surface area contributed by atoms with Crippen LogP contribution < -0.4 is 10.1 Å². The molecule has 0 aliphatic rings. The molecule has 0 aliphatic carbocycles. The molecule has 0 atom stereocenters. The van der Waals surface area contributed by atoms with Crippen molar-refractivity contribution < 1.29 is 9.53 Å². The maximum atomic E-state index is 12.0. The third-order valence-corrected chi connectivity index (χ3v) is 4.78. The first kappa shape index (κ1) is 20.6. The van der Waals surface area contributed by atoms with E-state index in [2.05, 4.69) is 34.4 Å². The average Bonchev–Trinajstić information content (AvgIpc) is 3.20. The number of unbranched alkanes of at least 4 members (excludes halogenated alkanes) is 1. The molecule has 0 radical (unpaired) electrons. The molecule has 1 amide bonds. The largest absolute Gasteiger partial charge is 0.457 e. The van der Waals surface area contributed by atoms with Gasteiger partial charge in [0.25, 0.3) is 5.91 Å². The first-order valence-electron chi connectivity index (χ1n) is 9.92. The van der Waals surface area contributed by atoms with Crippen LogP contribution >= 0.6 is 0 Å². The predicted octanol–water partition coefficient (Wildman–Crippen LogP) is 4.46. The molecule has 0 fully saturated rings. The number of carbonyl (C=O) groups is 1. The van der Waals surface area contributed by atoms with Crippen molar-refractivity contribution in [1.82, 2.24) is 20.4 Å². The summed E-state index contributed by atoms with van der Waals surface area (Å²) in [6.45, 7) is 4.12. The van der Waals surface area contributed by atoms with E-state index in [1.165, 1.54) is 18.4 Å². The Morgan fingerprint density at radius 3 is 2.66 bits per heavy atom. The highest BCUT2D eigenvalue weighted by Gasteiger charge is 2.13. The molecular formula is C23H28N4O2. The van der Waals surface area contributed by atoms with Crippen LogP contribution in [0.4, 0.5) is 0 Å². The summed E-state index contributed by atoms with van der Waals surface area (Å²) in [5.41, 5.74) is 3.74. The molecule has 1 heterocycles. The van der Waals surface area contributed by atoms with Gasteiger partial charge in [0.1, 0.15) is 11.5 Å². The van der Waals surface area contributed by atoms with E-state index in [0.717, 1.165) is 24.3 Å². The lowest BCUT2D eigenvalue weighted by Crippen LogP contribution is -2.19. The van der Waals surface area contributed by atoms with E-state index in [1.54, 1.807) is 19.2 Å². The van der Waals surface area contributed by atoms with Crippen LogP contribution in [0.25, 0.3) is 11.3 Å². The van der Waals surface area contributed by atoms with Crippen molar-refractivity contribution in [2.75, 3.05) is 20.6 Å². The topological polar surface area (TPSA) is 70.2 Å². The molecule has 0 bridgehead atoms. The fourth-order valence-corrected chi connectivity index (χ4v) is 3.17. The number of para-hydroxylation sites is 1. The van der Waals surface area contributed by atoms with Gasteiger partial charge in [-0.2, -0.15) is 5.10 Å². The number of hydrogen-bond acceptors (Lipinski definition) is 4. The molecule has 3 rings (SSSR count). The Labute approximate surface area is 171 Å². The summed E-state index contributed by atoms with van der Waals surface area (Å²) < 4.78 is 5.95. The highest BCUT2D eigenvalue weighted by Crippen LogP contribution is 2.28. The monoisotopic (exact) mass is 392 g/mol. The number of aromatic amines is 1. The van der Waals surface area contributed by atoms with Gasteiger partial charge in [0.05, 0.1) is 17.5 Å². The molecular weight excluding hydrogens is 364 g/mol. The smallest absolute Gasteiger partial charge is 0.254 e. The van der Waals surface area contributed by atoms with Crippen LogP contribution in [-0.2, 0) is 6.54 Å². The number of hydrogen-bond donors (Lipinski definition) is 2. The molecule has 1 aromatic heterocycles. The van der Waals surface area contributed by atoms with Crippen LogP contribution in [0.3, 0.4) is 0 Å². The number of benzene rings is 2. The minimum Gasteiger partial charge on any atom is -0.457 e. The fraction of sp³-hybridized carbons (Fsp3) is 0.304. The summed E-state index contributed by atoms with van der Waals surface area (Å²) in [5, 5.41) is 9.98. The summed E-state index contributed by atoms with van der Waals surface area (Å²) in [5.74, 6) is 1.03. The van der Waals surface area contributed by atoms with E-state index in [9.17, 15) is 4.79 Å². The maximum absolute atomic E-state index is 12.0. The third-order valence-electron chi connectivity index (χ3n) is 4.78. The second kappa shape index (κ2) is 9.89. The molecule has 0 saturated heterocycles. The number of amides is 1. The lowest BCUT2D eigenvalue weighted by atomic mass is 10.1. The van der Waals surface area contributed by atoms with Gasteiger partial charge in [-0.05, 0) is 56.4 Å². The van der Waals surface area contributed by atoms with Crippen molar-refractivity contribution in [3.05, 3.63) is 65.9 Å². The number of rotatable bonds is 9. The molecule has 6 nitrogen and oxygen atoms in total.